The van der Waals surface area contributed by atoms with Crippen molar-refractivity contribution < 1.29 is 9.59 Å². The van der Waals surface area contributed by atoms with Crippen LogP contribution in [0.2, 0.25) is 0 Å². The van der Waals surface area contributed by atoms with E-state index in [1.165, 1.54) is 0 Å². The molecule has 0 aliphatic carbocycles. The molecule has 136 valence electrons. The first kappa shape index (κ1) is 17.7. The van der Waals surface area contributed by atoms with Crippen molar-refractivity contribution in [1.29, 1.82) is 0 Å². The van der Waals surface area contributed by atoms with Crippen molar-refractivity contribution in [3.63, 3.8) is 0 Å². The molecule has 0 saturated carbocycles. The van der Waals surface area contributed by atoms with E-state index in [4.69, 9.17) is 0 Å². The van der Waals surface area contributed by atoms with E-state index in [-0.39, 0.29) is 11.8 Å². The van der Waals surface area contributed by atoms with Crippen LogP contribution < -0.4 is 0 Å². The van der Waals surface area contributed by atoms with Gasteiger partial charge in [0.2, 0.25) is 0 Å². The second kappa shape index (κ2) is 7.53. The molecular formula is C22H19BrN2O2. The van der Waals surface area contributed by atoms with Crippen LogP contribution in [0.1, 0.15) is 20.7 Å². The molecule has 1 aliphatic rings. The van der Waals surface area contributed by atoms with Gasteiger partial charge in [0.1, 0.15) is 0 Å². The van der Waals surface area contributed by atoms with Gasteiger partial charge < -0.3 is 9.80 Å². The SMILES string of the molecule is O=C(c1ccc(Br)cc1)N1CCN(C(=O)c2ccc3ccccc3c2)CC1. The zero-order chi connectivity index (χ0) is 18.8. The molecule has 0 unspecified atom stereocenters. The average Bonchev–Trinajstić information content (AvgIpc) is 2.73. The second-order valence-electron chi connectivity index (χ2n) is 6.65. The Hall–Kier alpha value is -2.66. The van der Waals surface area contributed by atoms with Gasteiger partial charge in [-0.05, 0) is 47.2 Å². The summed E-state index contributed by atoms with van der Waals surface area (Å²) in [5.41, 5.74) is 1.37. The van der Waals surface area contributed by atoms with Gasteiger partial charge in [-0.15, -0.1) is 0 Å². The molecular weight excluding hydrogens is 404 g/mol. The first-order valence-corrected chi connectivity index (χ1v) is 9.74. The Labute approximate surface area is 166 Å². The number of hydrogen-bond donors (Lipinski definition) is 0. The number of piperazine rings is 1. The number of halogens is 1. The molecule has 1 aliphatic heterocycles. The van der Waals surface area contributed by atoms with E-state index in [9.17, 15) is 9.59 Å². The third-order valence-corrected chi connectivity index (χ3v) is 5.47. The Kier molecular flexibility index (Phi) is 4.94. The Morgan fingerprint density at radius 3 is 1.81 bits per heavy atom. The Morgan fingerprint density at radius 2 is 1.19 bits per heavy atom. The summed E-state index contributed by atoms with van der Waals surface area (Å²) in [6.07, 6.45) is 0. The normalized spacial score (nSPS) is 14.4. The van der Waals surface area contributed by atoms with Crippen molar-refractivity contribution in [2.24, 2.45) is 0 Å². The van der Waals surface area contributed by atoms with Gasteiger partial charge in [-0.2, -0.15) is 0 Å². The Balaban J connectivity index is 1.42. The highest BCUT2D eigenvalue weighted by Crippen LogP contribution is 2.18. The van der Waals surface area contributed by atoms with Crippen molar-refractivity contribution in [3.05, 3.63) is 82.3 Å². The van der Waals surface area contributed by atoms with Gasteiger partial charge in [-0.25, -0.2) is 0 Å². The van der Waals surface area contributed by atoms with Gasteiger partial charge in [0, 0.05) is 41.8 Å². The van der Waals surface area contributed by atoms with Crippen molar-refractivity contribution in [1.82, 2.24) is 9.80 Å². The van der Waals surface area contributed by atoms with Gasteiger partial charge in [0.25, 0.3) is 11.8 Å². The van der Waals surface area contributed by atoms with Crippen LogP contribution in [0.25, 0.3) is 10.8 Å². The summed E-state index contributed by atoms with van der Waals surface area (Å²) < 4.78 is 0.949. The number of nitrogens with zero attached hydrogens (tertiary/aromatic N) is 2. The van der Waals surface area contributed by atoms with Crippen molar-refractivity contribution in [2.75, 3.05) is 26.2 Å². The number of carbonyl (C=O) groups excluding carboxylic acids is 2. The van der Waals surface area contributed by atoms with Crippen LogP contribution >= 0.6 is 15.9 Å². The average molecular weight is 423 g/mol. The lowest BCUT2D eigenvalue weighted by Gasteiger charge is -2.35. The minimum absolute atomic E-state index is 0.0142. The lowest BCUT2D eigenvalue weighted by molar-refractivity contribution is 0.0535. The van der Waals surface area contributed by atoms with Crippen LogP contribution in [0.3, 0.4) is 0 Å². The molecule has 0 spiro atoms. The highest BCUT2D eigenvalue weighted by Gasteiger charge is 2.25. The fourth-order valence-corrected chi connectivity index (χ4v) is 3.66. The van der Waals surface area contributed by atoms with Crippen LogP contribution in [0.15, 0.2) is 71.2 Å². The molecule has 27 heavy (non-hydrogen) atoms. The van der Waals surface area contributed by atoms with Gasteiger partial charge >= 0.3 is 0 Å². The first-order chi connectivity index (χ1) is 13.1. The molecule has 1 saturated heterocycles. The van der Waals surface area contributed by atoms with Crippen molar-refractivity contribution in [2.45, 2.75) is 0 Å². The van der Waals surface area contributed by atoms with Gasteiger partial charge in [-0.1, -0.05) is 46.3 Å². The van der Waals surface area contributed by atoms with Gasteiger partial charge in [-0.3, -0.25) is 9.59 Å². The number of amides is 2. The number of fused-ring (bicyclic) bond motifs is 1. The molecule has 0 bridgehead atoms. The van der Waals surface area contributed by atoms with E-state index in [2.05, 4.69) is 15.9 Å². The van der Waals surface area contributed by atoms with E-state index >= 15 is 0 Å². The van der Waals surface area contributed by atoms with E-state index in [1.54, 1.807) is 0 Å². The van der Waals surface area contributed by atoms with Crippen LogP contribution in [0.4, 0.5) is 0 Å². The molecule has 4 rings (SSSR count). The predicted octanol–water partition coefficient (Wildman–Crippen LogP) is 4.20. The summed E-state index contributed by atoms with van der Waals surface area (Å²) >= 11 is 3.38. The Bertz CT molecular complexity index is 993. The Morgan fingerprint density at radius 1 is 0.667 bits per heavy atom. The van der Waals surface area contributed by atoms with Crippen molar-refractivity contribution in [3.8, 4) is 0 Å². The summed E-state index contributed by atoms with van der Waals surface area (Å²) in [6.45, 7) is 2.20. The highest BCUT2D eigenvalue weighted by molar-refractivity contribution is 9.10. The molecule has 3 aromatic carbocycles. The minimum atomic E-state index is 0.0142. The van der Waals surface area contributed by atoms with Crippen molar-refractivity contribution >= 4 is 38.5 Å². The van der Waals surface area contributed by atoms with Crippen LogP contribution in [0.5, 0.6) is 0 Å². The van der Waals surface area contributed by atoms with Gasteiger partial charge in [0.15, 0.2) is 0 Å². The minimum Gasteiger partial charge on any atom is -0.335 e. The lowest BCUT2D eigenvalue weighted by Crippen LogP contribution is -2.50. The topological polar surface area (TPSA) is 40.6 Å². The van der Waals surface area contributed by atoms with Crippen LogP contribution in [0, 0.1) is 0 Å². The molecule has 0 atom stereocenters. The number of hydrogen-bond acceptors (Lipinski definition) is 2. The fraction of sp³-hybridized carbons (Fsp3) is 0.182. The molecule has 4 nitrogen and oxygen atoms in total. The molecule has 0 aromatic heterocycles. The predicted molar refractivity (Wildman–Crippen MR) is 110 cm³/mol. The summed E-state index contributed by atoms with van der Waals surface area (Å²) in [7, 11) is 0. The monoisotopic (exact) mass is 422 g/mol. The quantitative estimate of drug-likeness (QED) is 0.620. The highest BCUT2D eigenvalue weighted by atomic mass is 79.9. The van der Waals surface area contributed by atoms with E-state index in [1.807, 2.05) is 76.5 Å². The molecule has 0 N–H and O–H groups in total. The number of benzene rings is 3. The second-order valence-corrected chi connectivity index (χ2v) is 7.57. The third-order valence-electron chi connectivity index (χ3n) is 4.94. The molecule has 1 fully saturated rings. The molecule has 5 heteroatoms. The molecule has 3 aromatic rings. The van der Waals surface area contributed by atoms with Crippen LogP contribution in [-0.4, -0.2) is 47.8 Å². The standard InChI is InChI=1S/C22H19BrN2O2/c23-20-9-7-17(8-10-20)21(26)24-11-13-25(14-12-24)22(27)19-6-5-16-3-1-2-4-18(16)15-19/h1-10,15H,11-14H2. The smallest absolute Gasteiger partial charge is 0.253 e. The zero-order valence-electron chi connectivity index (χ0n) is 14.8. The number of carbonyl (C=O) groups is 2. The summed E-state index contributed by atoms with van der Waals surface area (Å²) in [5.74, 6) is 0.0387. The molecule has 2 amide bonds. The first-order valence-electron chi connectivity index (χ1n) is 8.95. The molecule has 0 radical (unpaired) electrons. The lowest BCUT2D eigenvalue weighted by atomic mass is 10.1. The summed E-state index contributed by atoms with van der Waals surface area (Å²) in [5, 5.41) is 2.19. The fourth-order valence-electron chi connectivity index (χ4n) is 3.39. The van der Waals surface area contributed by atoms with E-state index in [0.717, 1.165) is 15.2 Å². The maximum absolute atomic E-state index is 12.8. The summed E-state index contributed by atoms with van der Waals surface area (Å²) in [6, 6.07) is 21.2. The van der Waals surface area contributed by atoms with E-state index in [0.29, 0.717) is 37.3 Å². The summed E-state index contributed by atoms with van der Waals surface area (Å²) in [4.78, 5) is 29.1. The zero-order valence-corrected chi connectivity index (χ0v) is 16.4. The van der Waals surface area contributed by atoms with Gasteiger partial charge in [0.05, 0.1) is 0 Å². The number of rotatable bonds is 2. The maximum Gasteiger partial charge on any atom is 0.253 e. The molecule has 1 heterocycles. The van der Waals surface area contributed by atoms with Crippen LogP contribution in [-0.2, 0) is 0 Å². The largest absolute Gasteiger partial charge is 0.335 e. The third kappa shape index (κ3) is 3.74. The van der Waals surface area contributed by atoms with E-state index < -0.39 is 0 Å². The maximum atomic E-state index is 12.8.